The van der Waals surface area contributed by atoms with Crippen LogP contribution in [0.25, 0.3) is 0 Å². The highest BCUT2D eigenvalue weighted by molar-refractivity contribution is 6.31. The minimum Gasteiger partial charge on any atom is -0.385 e. The summed E-state index contributed by atoms with van der Waals surface area (Å²) < 4.78 is 7.04. The Morgan fingerprint density at radius 1 is 1.42 bits per heavy atom. The van der Waals surface area contributed by atoms with E-state index in [4.69, 9.17) is 16.3 Å². The van der Waals surface area contributed by atoms with Crippen molar-refractivity contribution in [2.45, 2.75) is 45.6 Å². The first kappa shape index (κ1) is 16.5. The molecule has 5 heteroatoms. The number of hydrogen-bond acceptors (Lipinski definition) is 3. The maximum atomic E-state index is 6.40. The molecule has 0 aromatic carbocycles. The molecule has 1 rings (SSSR count). The summed E-state index contributed by atoms with van der Waals surface area (Å²) in [5, 5.41) is 8.82. The Labute approximate surface area is 121 Å². The maximum absolute atomic E-state index is 6.40. The third kappa shape index (κ3) is 4.79. The molecule has 1 unspecified atom stereocenters. The van der Waals surface area contributed by atoms with E-state index in [9.17, 15) is 0 Å². The standard InChI is InChI=1S/C14H26ClN3O/c1-5-12-14(15)13(18(3)17-12)10-11(16-6-2)8-7-9-19-4/h11,16H,5-10H2,1-4H3. The van der Waals surface area contributed by atoms with E-state index in [0.29, 0.717) is 6.04 Å². The molecule has 0 aliphatic heterocycles. The van der Waals surface area contributed by atoms with E-state index in [0.717, 1.165) is 55.2 Å². The number of halogens is 1. The van der Waals surface area contributed by atoms with Crippen molar-refractivity contribution in [1.82, 2.24) is 15.1 Å². The minimum atomic E-state index is 0.428. The van der Waals surface area contributed by atoms with Gasteiger partial charge in [-0.2, -0.15) is 5.10 Å². The maximum Gasteiger partial charge on any atom is 0.0850 e. The summed E-state index contributed by atoms with van der Waals surface area (Å²) in [6.07, 6.45) is 3.94. The van der Waals surface area contributed by atoms with Crippen LogP contribution < -0.4 is 5.32 Å². The highest BCUT2D eigenvalue weighted by Gasteiger charge is 2.17. The second-order valence-corrected chi connectivity index (χ2v) is 5.16. The van der Waals surface area contributed by atoms with Crippen LogP contribution in [0.3, 0.4) is 0 Å². The second-order valence-electron chi connectivity index (χ2n) is 4.78. The van der Waals surface area contributed by atoms with Crippen LogP contribution in [0, 0.1) is 0 Å². The SMILES string of the molecule is CCNC(CCCOC)Cc1c(Cl)c(CC)nn1C. The lowest BCUT2D eigenvalue weighted by molar-refractivity contribution is 0.188. The third-order valence-electron chi connectivity index (χ3n) is 3.34. The average Bonchev–Trinajstić information content (AvgIpc) is 2.66. The first-order valence-corrected chi connectivity index (χ1v) is 7.44. The Hall–Kier alpha value is -0.580. The second kappa shape index (κ2) is 8.56. The van der Waals surface area contributed by atoms with E-state index in [-0.39, 0.29) is 0 Å². The van der Waals surface area contributed by atoms with Gasteiger partial charge in [0.2, 0.25) is 0 Å². The van der Waals surface area contributed by atoms with Crippen molar-refractivity contribution in [3.63, 3.8) is 0 Å². The Bertz CT molecular complexity index is 379. The third-order valence-corrected chi connectivity index (χ3v) is 3.77. The molecule has 1 aromatic heterocycles. The molecule has 1 N–H and O–H groups in total. The molecule has 0 radical (unpaired) electrons. The number of aryl methyl sites for hydroxylation is 2. The van der Waals surface area contributed by atoms with Gasteiger partial charge in [0.1, 0.15) is 0 Å². The molecule has 1 heterocycles. The van der Waals surface area contributed by atoms with Gasteiger partial charge in [-0.3, -0.25) is 4.68 Å². The van der Waals surface area contributed by atoms with E-state index in [1.54, 1.807) is 7.11 Å². The van der Waals surface area contributed by atoms with Gasteiger partial charge in [-0.15, -0.1) is 0 Å². The molecule has 0 aliphatic carbocycles. The van der Waals surface area contributed by atoms with Crippen LogP contribution in [-0.4, -0.2) is 36.1 Å². The average molecular weight is 288 g/mol. The normalized spacial score (nSPS) is 12.9. The lowest BCUT2D eigenvalue weighted by Gasteiger charge is -2.18. The van der Waals surface area contributed by atoms with E-state index in [1.165, 1.54) is 0 Å². The van der Waals surface area contributed by atoms with Gasteiger partial charge >= 0.3 is 0 Å². The fourth-order valence-corrected chi connectivity index (χ4v) is 2.68. The Morgan fingerprint density at radius 2 is 2.16 bits per heavy atom. The van der Waals surface area contributed by atoms with Gasteiger partial charge in [-0.25, -0.2) is 0 Å². The first-order valence-electron chi connectivity index (χ1n) is 7.06. The van der Waals surface area contributed by atoms with E-state index >= 15 is 0 Å². The number of nitrogens with zero attached hydrogens (tertiary/aromatic N) is 2. The summed E-state index contributed by atoms with van der Waals surface area (Å²) in [6.45, 7) is 5.99. The van der Waals surface area contributed by atoms with Gasteiger partial charge in [-0.05, 0) is 25.8 Å². The molecule has 19 heavy (non-hydrogen) atoms. The van der Waals surface area contributed by atoms with Gasteiger partial charge in [0.25, 0.3) is 0 Å². The number of methoxy groups -OCH3 is 1. The molecule has 1 aromatic rings. The lowest BCUT2D eigenvalue weighted by atomic mass is 10.1. The number of likely N-dealkylation sites (N-methyl/N-ethyl adjacent to an activating group) is 1. The lowest BCUT2D eigenvalue weighted by Crippen LogP contribution is -2.32. The van der Waals surface area contributed by atoms with Crippen LogP contribution in [0.1, 0.15) is 38.1 Å². The molecule has 4 nitrogen and oxygen atoms in total. The predicted molar refractivity (Wildman–Crippen MR) is 79.9 cm³/mol. The zero-order valence-corrected chi connectivity index (χ0v) is 13.3. The number of rotatable bonds is 9. The van der Waals surface area contributed by atoms with Gasteiger partial charge in [-0.1, -0.05) is 25.4 Å². The van der Waals surface area contributed by atoms with E-state index in [1.807, 2.05) is 11.7 Å². The molecule has 1 atom stereocenters. The summed E-state index contributed by atoms with van der Waals surface area (Å²) in [7, 11) is 3.71. The van der Waals surface area contributed by atoms with Crippen molar-refractivity contribution >= 4 is 11.6 Å². The smallest absolute Gasteiger partial charge is 0.0850 e. The van der Waals surface area contributed by atoms with Crippen molar-refractivity contribution < 1.29 is 4.74 Å². The number of nitrogens with one attached hydrogen (secondary N) is 1. The summed E-state index contributed by atoms with van der Waals surface area (Å²) in [5.41, 5.74) is 2.12. The van der Waals surface area contributed by atoms with Gasteiger partial charge in [0.05, 0.1) is 16.4 Å². The molecule has 0 saturated heterocycles. The first-order chi connectivity index (χ1) is 9.13. The van der Waals surface area contributed by atoms with Crippen molar-refractivity contribution in [1.29, 1.82) is 0 Å². The fraction of sp³-hybridized carbons (Fsp3) is 0.786. The molecular formula is C14H26ClN3O. The van der Waals surface area contributed by atoms with Crippen molar-refractivity contribution in [2.24, 2.45) is 7.05 Å². The van der Waals surface area contributed by atoms with Crippen LogP contribution in [0.2, 0.25) is 5.02 Å². The molecule has 0 spiro atoms. The molecule has 0 saturated carbocycles. The van der Waals surface area contributed by atoms with Gasteiger partial charge in [0, 0.05) is 33.2 Å². The molecule has 110 valence electrons. The molecule has 0 fully saturated rings. The minimum absolute atomic E-state index is 0.428. The quantitative estimate of drug-likeness (QED) is 0.710. The summed E-state index contributed by atoms with van der Waals surface area (Å²) in [6, 6.07) is 0.428. The van der Waals surface area contributed by atoms with Crippen LogP contribution in [0.15, 0.2) is 0 Å². The molecule has 0 aliphatic rings. The van der Waals surface area contributed by atoms with Crippen LogP contribution in [0.4, 0.5) is 0 Å². The molecular weight excluding hydrogens is 262 g/mol. The van der Waals surface area contributed by atoms with Gasteiger partial charge < -0.3 is 10.1 Å². The van der Waals surface area contributed by atoms with Crippen LogP contribution in [0.5, 0.6) is 0 Å². The fourth-order valence-electron chi connectivity index (χ4n) is 2.31. The van der Waals surface area contributed by atoms with E-state index in [2.05, 4.69) is 24.3 Å². The monoisotopic (exact) mass is 287 g/mol. The Kier molecular flexibility index (Phi) is 7.42. The van der Waals surface area contributed by atoms with Crippen LogP contribution >= 0.6 is 11.6 Å². The highest BCUT2D eigenvalue weighted by atomic mass is 35.5. The van der Waals surface area contributed by atoms with Crippen molar-refractivity contribution in [2.75, 3.05) is 20.3 Å². The summed E-state index contributed by atoms with van der Waals surface area (Å²) >= 11 is 6.40. The van der Waals surface area contributed by atoms with Crippen molar-refractivity contribution in [3.05, 3.63) is 16.4 Å². The largest absolute Gasteiger partial charge is 0.385 e. The number of aromatic nitrogens is 2. The van der Waals surface area contributed by atoms with E-state index < -0.39 is 0 Å². The summed E-state index contributed by atoms with van der Waals surface area (Å²) in [4.78, 5) is 0. The molecule has 0 bridgehead atoms. The van der Waals surface area contributed by atoms with Gasteiger partial charge in [0.15, 0.2) is 0 Å². The number of hydrogen-bond donors (Lipinski definition) is 1. The zero-order valence-electron chi connectivity index (χ0n) is 12.5. The Morgan fingerprint density at radius 3 is 2.68 bits per heavy atom. The zero-order chi connectivity index (χ0) is 14.3. The predicted octanol–water partition coefficient (Wildman–Crippen LogP) is 2.58. The summed E-state index contributed by atoms with van der Waals surface area (Å²) in [5.74, 6) is 0. The molecule has 0 amide bonds. The van der Waals surface area contributed by atoms with Crippen LogP contribution in [-0.2, 0) is 24.6 Å². The topological polar surface area (TPSA) is 39.1 Å². The Balaban J connectivity index is 2.69. The highest BCUT2D eigenvalue weighted by Crippen LogP contribution is 2.22. The number of ether oxygens (including phenoxy) is 1. The van der Waals surface area contributed by atoms with Crippen molar-refractivity contribution in [3.8, 4) is 0 Å².